The van der Waals surface area contributed by atoms with E-state index >= 15 is 0 Å². The minimum atomic E-state index is 0.215. The third-order valence-electron chi connectivity index (χ3n) is 0.985. The Balaban J connectivity index is 2.59. The van der Waals surface area contributed by atoms with E-state index in [-0.39, 0.29) is 6.10 Å². The van der Waals surface area contributed by atoms with Crippen molar-refractivity contribution in [3.8, 4) is 5.75 Å². The number of hydrogen-bond acceptors (Lipinski definition) is 1. The van der Waals surface area contributed by atoms with Gasteiger partial charge in [0.15, 0.2) is 0 Å². The van der Waals surface area contributed by atoms with Crippen molar-refractivity contribution in [2.24, 2.45) is 0 Å². The van der Waals surface area contributed by atoms with Crippen molar-refractivity contribution in [2.45, 2.75) is 20.0 Å². The number of ether oxygens (including phenoxy) is 1. The molecule has 1 aromatic rings. The highest BCUT2D eigenvalue weighted by atomic mass is 16.5. The topological polar surface area (TPSA) is 9.23 Å². The van der Waals surface area contributed by atoms with Crippen LogP contribution in [0.3, 0.4) is 0 Å². The zero-order valence-corrected chi connectivity index (χ0v) is 6.22. The maximum absolute atomic E-state index is 5.33. The average molecular weight is 134 g/mol. The van der Waals surface area contributed by atoms with Gasteiger partial charge in [0.25, 0.3) is 0 Å². The van der Waals surface area contributed by atoms with Crippen LogP contribution in [0.2, 0.25) is 0 Å². The van der Waals surface area contributed by atoms with Crippen LogP contribution in [0.5, 0.6) is 5.75 Å². The Bertz CT molecular complexity index is 179. The second kappa shape index (κ2) is 3.25. The molecule has 0 aliphatic carbocycles. The molecule has 1 nitrogen and oxygen atoms in total. The molecule has 52 valence electrons. The van der Waals surface area contributed by atoms with E-state index in [1.54, 1.807) is 6.07 Å². The molecule has 0 aliphatic heterocycles. The number of rotatable bonds is 2. The van der Waals surface area contributed by atoms with Crippen LogP contribution in [0.15, 0.2) is 18.2 Å². The largest absolute Gasteiger partial charge is 0.490 e. The molecule has 10 heavy (non-hydrogen) atoms. The van der Waals surface area contributed by atoms with E-state index in [0.717, 1.165) is 5.75 Å². The quantitative estimate of drug-likeness (QED) is 0.601. The number of benzene rings is 1. The van der Waals surface area contributed by atoms with Crippen LogP contribution >= 0.6 is 0 Å². The molecule has 0 spiro atoms. The highest BCUT2D eigenvalue weighted by Gasteiger charge is 1.93. The van der Waals surface area contributed by atoms with E-state index in [9.17, 15) is 0 Å². The maximum atomic E-state index is 5.33. The summed E-state index contributed by atoms with van der Waals surface area (Å²) in [7, 11) is 0. The van der Waals surface area contributed by atoms with Crippen LogP contribution in [-0.2, 0) is 0 Å². The van der Waals surface area contributed by atoms with Gasteiger partial charge in [0.1, 0.15) is 5.75 Å². The SMILES string of the molecule is CC(C)Oc1[c][c]ccc1. The third-order valence-corrected chi connectivity index (χ3v) is 0.985. The lowest BCUT2D eigenvalue weighted by Gasteiger charge is -2.07. The molecule has 0 bridgehead atoms. The Hall–Kier alpha value is -0.980. The predicted octanol–water partition coefficient (Wildman–Crippen LogP) is 2.07. The first kappa shape index (κ1) is 7.13. The molecule has 0 aromatic heterocycles. The highest BCUT2D eigenvalue weighted by molar-refractivity contribution is 5.18. The molecular formula is C9H10O. The first-order valence-electron chi connectivity index (χ1n) is 3.34. The molecular weight excluding hydrogens is 124 g/mol. The minimum Gasteiger partial charge on any atom is -0.490 e. The molecule has 0 amide bonds. The van der Waals surface area contributed by atoms with E-state index < -0.39 is 0 Å². The second-order valence-corrected chi connectivity index (χ2v) is 2.33. The monoisotopic (exact) mass is 134 g/mol. The van der Waals surface area contributed by atoms with Crippen molar-refractivity contribution in [2.75, 3.05) is 0 Å². The van der Waals surface area contributed by atoms with Crippen molar-refractivity contribution in [3.05, 3.63) is 30.3 Å². The smallest absolute Gasteiger partial charge is 0.128 e. The Morgan fingerprint density at radius 1 is 1.50 bits per heavy atom. The van der Waals surface area contributed by atoms with Gasteiger partial charge >= 0.3 is 0 Å². The van der Waals surface area contributed by atoms with Gasteiger partial charge in [-0.1, -0.05) is 12.1 Å². The van der Waals surface area contributed by atoms with E-state index in [0.29, 0.717) is 0 Å². The van der Waals surface area contributed by atoms with Crippen LogP contribution in [0.4, 0.5) is 0 Å². The van der Waals surface area contributed by atoms with Crippen molar-refractivity contribution in [3.63, 3.8) is 0 Å². The predicted molar refractivity (Wildman–Crippen MR) is 39.9 cm³/mol. The van der Waals surface area contributed by atoms with Crippen LogP contribution in [-0.4, -0.2) is 6.10 Å². The standard InChI is InChI=1S/C9H10O/c1-8(2)10-9-6-4-3-5-7-9/h3-4,6,8H,1-2H3. The van der Waals surface area contributed by atoms with Crippen LogP contribution in [0, 0.1) is 12.1 Å². The van der Waals surface area contributed by atoms with Gasteiger partial charge in [-0.15, -0.1) is 0 Å². The molecule has 0 atom stereocenters. The average Bonchev–Trinajstić information content (AvgIpc) is 1.88. The summed E-state index contributed by atoms with van der Waals surface area (Å²) in [6.45, 7) is 3.97. The molecule has 1 heteroatoms. The van der Waals surface area contributed by atoms with Crippen LogP contribution < -0.4 is 4.74 Å². The van der Waals surface area contributed by atoms with E-state index in [1.807, 2.05) is 26.0 Å². The molecule has 0 aliphatic rings. The van der Waals surface area contributed by atoms with E-state index in [4.69, 9.17) is 4.74 Å². The molecule has 0 saturated heterocycles. The second-order valence-electron chi connectivity index (χ2n) is 2.33. The molecule has 0 unspecified atom stereocenters. The van der Waals surface area contributed by atoms with Crippen molar-refractivity contribution < 1.29 is 4.74 Å². The Morgan fingerprint density at radius 2 is 2.30 bits per heavy atom. The summed E-state index contributed by atoms with van der Waals surface area (Å²) >= 11 is 0. The molecule has 0 heterocycles. The molecule has 2 radical (unpaired) electrons. The first-order chi connectivity index (χ1) is 4.79. The summed E-state index contributed by atoms with van der Waals surface area (Å²) in [5.41, 5.74) is 0. The van der Waals surface area contributed by atoms with E-state index in [1.165, 1.54) is 0 Å². The lowest BCUT2D eigenvalue weighted by molar-refractivity contribution is 0.242. The van der Waals surface area contributed by atoms with Gasteiger partial charge in [0, 0.05) is 6.07 Å². The van der Waals surface area contributed by atoms with Crippen molar-refractivity contribution in [1.82, 2.24) is 0 Å². The Morgan fingerprint density at radius 3 is 2.80 bits per heavy atom. The zero-order chi connectivity index (χ0) is 7.40. The lowest BCUT2D eigenvalue weighted by atomic mass is 10.3. The maximum Gasteiger partial charge on any atom is 0.128 e. The van der Waals surface area contributed by atoms with Gasteiger partial charge in [-0.2, -0.15) is 0 Å². The van der Waals surface area contributed by atoms with E-state index in [2.05, 4.69) is 12.1 Å². The lowest BCUT2D eigenvalue weighted by Crippen LogP contribution is -2.04. The summed E-state index contributed by atoms with van der Waals surface area (Å²) in [5, 5.41) is 0. The Kier molecular flexibility index (Phi) is 2.32. The van der Waals surface area contributed by atoms with Gasteiger partial charge in [0.05, 0.1) is 6.10 Å². The van der Waals surface area contributed by atoms with Crippen LogP contribution in [0.25, 0.3) is 0 Å². The molecule has 0 N–H and O–H groups in total. The summed E-state index contributed by atoms with van der Waals surface area (Å²) in [6, 6.07) is 11.2. The number of hydrogen-bond donors (Lipinski definition) is 0. The van der Waals surface area contributed by atoms with Gasteiger partial charge < -0.3 is 4.74 Å². The van der Waals surface area contributed by atoms with Crippen LogP contribution in [0.1, 0.15) is 13.8 Å². The molecule has 0 saturated carbocycles. The normalized spacial score (nSPS) is 9.90. The fourth-order valence-electron chi connectivity index (χ4n) is 0.661. The highest BCUT2D eigenvalue weighted by Crippen LogP contribution is 2.08. The zero-order valence-electron chi connectivity index (χ0n) is 6.22. The minimum absolute atomic E-state index is 0.215. The van der Waals surface area contributed by atoms with Crippen molar-refractivity contribution >= 4 is 0 Å². The van der Waals surface area contributed by atoms with Gasteiger partial charge in [-0.3, -0.25) is 0 Å². The summed E-state index contributed by atoms with van der Waals surface area (Å²) in [6.07, 6.45) is 0.215. The van der Waals surface area contributed by atoms with Crippen molar-refractivity contribution in [1.29, 1.82) is 0 Å². The first-order valence-corrected chi connectivity index (χ1v) is 3.34. The fraction of sp³-hybridized carbons (Fsp3) is 0.333. The van der Waals surface area contributed by atoms with Gasteiger partial charge in [0.2, 0.25) is 0 Å². The Labute approximate surface area is 61.6 Å². The molecule has 1 aromatic carbocycles. The fourth-order valence-corrected chi connectivity index (χ4v) is 0.661. The van der Waals surface area contributed by atoms with Gasteiger partial charge in [-0.25, -0.2) is 0 Å². The third kappa shape index (κ3) is 2.09. The summed E-state index contributed by atoms with van der Waals surface area (Å²) in [5.74, 6) is 0.762. The summed E-state index contributed by atoms with van der Waals surface area (Å²) in [4.78, 5) is 0. The van der Waals surface area contributed by atoms with Gasteiger partial charge in [-0.05, 0) is 26.0 Å². The summed E-state index contributed by atoms with van der Waals surface area (Å²) < 4.78 is 5.33. The molecule has 0 fully saturated rings. The molecule has 1 rings (SSSR count).